The molecule has 0 radical (unpaired) electrons. The number of hydrogen-bond acceptors (Lipinski definition) is 2. The number of aromatic nitrogens is 2. The number of fused-ring (bicyclic) bond motifs is 3. The standard InChI is InChI=1S/C28H28N2/c1-19(2)11-7-5-10-14-23-17-20(3)29-27-24(23)15-16-25-26(18-21(4)30-28(25)27)22-12-8-6-9-13-22/h5-13,15-19H,14H2,1-4H3/b10-5-,11-7-. The topological polar surface area (TPSA) is 25.8 Å². The summed E-state index contributed by atoms with van der Waals surface area (Å²) in [5.74, 6) is 0.568. The lowest BCUT2D eigenvalue weighted by atomic mass is 9.97. The number of allylic oxidation sites excluding steroid dienone is 4. The number of benzene rings is 2. The Morgan fingerprint density at radius 3 is 2.20 bits per heavy atom. The summed E-state index contributed by atoms with van der Waals surface area (Å²) in [6.07, 6.45) is 9.57. The second kappa shape index (κ2) is 8.62. The summed E-state index contributed by atoms with van der Waals surface area (Å²) in [7, 11) is 0. The molecule has 4 rings (SSSR count). The van der Waals surface area contributed by atoms with Crippen molar-refractivity contribution in [3.05, 3.63) is 95.9 Å². The van der Waals surface area contributed by atoms with Gasteiger partial charge in [0.05, 0.1) is 11.0 Å². The first kappa shape index (κ1) is 20.0. The fourth-order valence-electron chi connectivity index (χ4n) is 3.90. The minimum absolute atomic E-state index is 0.568. The minimum Gasteiger partial charge on any atom is -0.251 e. The van der Waals surface area contributed by atoms with E-state index >= 15 is 0 Å². The van der Waals surface area contributed by atoms with Gasteiger partial charge in [-0.05, 0) is 55.0 Å². The minimum atomic E-state index is 0.568. The molecule has 4 aromatic rings. The van der Waals surface area contributed by atoms with Gasteiger partial charge in [0.15, 0.2) is 0 Å². The molecule has 0 atom stereocenters. The fraction of sp³-hybridized carbons (Fsp3) is 0.214. The summed E-state index contributed by atoms with van der Waals surface area (Å²) in [4.78, 5) is 9.82. The molecule has 0 fully saturated rings. The van der Waals surface area contributed by atoms with Crippen molar-refractivity contribution in [2.75, 3.05) is 0 Å². The van der Waals surface area contributed by atoms with Gasteiger partial charge in [-0.25, -0.2) is 0 Å². The van der Waals surface area contributed by atoms with E-state index in [-0.39, 0.29) is 0 Å². The molecule has 2 aromatic heterocycles. The van der Waals surface area contributed by atoms with Crippen LogP contribution in [0.5, 0.6) is 0 Å². The summed E-state index contributed by atoms with van der Waals surface area (Å²) in [5.41, 5.74) is 7.73. The Kier molecular flexibility index (Phi) is 5.76. The molecule has 0 aliphatic rings. The van der Waals surface area contributed by atoms with E-state index < -0.39 is 0 Å². The molecule has 0 bridgehead atoms. The van der Waals surface area contributed by atoms with Crippen LogP contribution in [0.1, 0.15) is 30.8 Å². The molecule has 0 aliphatic carbocycles. The number of rotatable bonds is 5. The summed E-state index contributed by atoms with van der Waals surface area (Å²) >= 11 is 0. The average Bonchev–Trinajstić information content (AvgIpc) is 2.73. The molecule has 0 N–H and O–H groups in total. The van der Waals surface area contributed by atoms with E-state index in [1.807, 2.05) is 0 Å². The lowest BCUT2D eigenvalue weighted by Crippen LogP contribution is -1.96. The Morgan fingerprint density at radius 2 is 1.47 bits per heavy atom. The summed E-state index contributed by atoms with van der Waals surface area (Å²) < 4.78 is 0. The molecule has 2 heterocycles. The maximum Gasteiger partial charge on any atom is 0.0974 e. The van der Waals surface area contributed by atoms with Crippen molar-refractivity contribution in [1.29, 1.82) is 0 Å². The summed E-state index contributed by atoms with van der Waals surface area (Å²) in [5, 5.41) is 2.33. The van der Waals surface area contributed by atoms with Crippen molar-refractivity contribution < 1.29 is 0 Å². The number of pyridine rings is 2. The molecule has 150 valence electrons. The van der Waals surface area contributed by atoms with Crippen LogP contribution >= 0.6 is 0 Å². The van der Waals surface area contributed by atoms with E-state index in [9.17, 15) is 0 Å². The Bertz CT molecular complexity index is 1250. The van der Waals surface area contributed by atoms with Crippen molar-refractivity contribution in [2.45, 2.75) is 34.1 Å². The molecule has 30 heavy (non-hydrogen) atoms. The predicted octanol–water partition coefficient (Wildman–Crippen LogP) is 7.38. The molecule has 0 aliphatic heterocycles. The van der Waals surface area contributed by atoms with Crippen LogP contribution in [-0.4, -0.2) is 9.97 Å². The van der Waals surface area contributed by atoms with Gasteiger partial charge in [-0.1, -0.05) is 80.6 Å². The van der Waals surface area contributed by atoms with Crippen LogP contribution in [0.2, 0.25) is 0 Å². The number of nitrogens with zero attached hydrogens (tertiary/aromatic N) is 2. The number of aryl methyl sites for hydroxylation is 2. The zero-order valence-corrected chi connectivity index (χ0v) is 18.2. The van der Waals surface area contributed by atoms with Crippen LogP contribution < -0.4 is 0 Å². The van der Waals surface area contributed by atoms with Gasteiger partial charge in [-0.15, -0.1) is 0 Å². The lowest BCUT2D eigenvalue weighted by Gasteiger charge is -2.12. The van der Waals surface area contributed by atoms with E-state index in [2.05, 4.69) is 107 Å². The average molecular weight is 393 g/mol. The second-order valence-electron chi connectivity index (χ2n) is 8.22. The molecule has 2 nitrogen and oxygen atoms in total. The third-order valence-electron chi connectivity index (χ3n) is 5.27. The Balaban J connectivity index is 1.86. The SMILES string of the molecule is Cc1cc(C/C=C\C=C/C(C)C)c2ccc3c(-c4ccccc4)cc(C)nc3c2n1. The Labute approximate surface area is 179 Å². The summed E-state index contributed by atoms with van der Waals surface area (Å²) in [6, 6.07) is 19.3. The Hall–Kier alpha value is -3.26. The van der Waals surface area contributed by atoms with E-state index in [1.54, 1.807) is 0 Å². The first-order valence-corrected chi connectivity index (χ1v) is 10.6. The fourth-order valence-corrected chi connectivity index (χ4v) is 3.90. The molecular formula is C28H28N2. The Morgan fingerprint density at radius 1 is 0.800 bits per heavy atom. The quantitative estimate of drug-likeness (QED) is 0.261. The molecular weight excluding hydrogens is 364 g/mol. The molecule has 2 aromatic carbocycles. The molecule has 0 amide bonds. The molecule has 0 spiro atoms. The lowest BCUT2D eigenvalue weighted by molar-refractivity contribution is 0.832. The first-order chi connectivity index (χ1) is 14.5. The molecule has 2 heteroatoms. The largest absolute Gasteiger partial charge is 0.251 e. The van der Waals surface area contributed by atoms with Crippen LogP contribution in [0.4, 0.5) is 0 Å². The van der Waals surface area contributed by atoms with Gasteiger partial charge in [-0.2, -0.15) is 0 Å². The molecule has 0 unspecified atom stereocenters. The van der Waals surface area contributed by atoms with Gasteiger partial charge >= 0.3 is 0 Å². The monoisotopic (exact) mass is 392 g/mol. The smallest absolute Gasteiger partial charge is 0.0974 e. The van der Waals surface area contributed by atoms with Crippen LogP contribution in [0.25, 0.3) is 32.9 Å². The van der Waals surface area contributed by atoms with E-state index in [4.69, 9.17) is 9.97 Å². The summed E-state index contributed by atoms with van der Waals surface area (Å²) in [6.45, 7) is 8.50. The van der Waals surface area contributed by atoms with Crippen LogP contribution in [0, 0.1) is 19.8 Å². The van der Waals surface area contributed by atoms with Crippen molar-refractivity contribution in [2.24, 2.45) is 5.92 Å². The highest BCUT2D eigenvalue weighted by molar-refractivity contribution is 6.09. The highest BCUT2D eigenvalue weighted by Gasteiger charge is 2.12. The van der Waals surface area contributed by atoms with E-state index in [0.717, 1.165) is 34.2 Å². The van der Waals surface area contributed by atoms with Gasteiger partial charge in [0, 0.05) is 22.2 Å². The second-order valence-corrected chi connectivity index (χ2v) is 8.22. The van der Waals surface area contributed by atoms with Crippen LogP contribution in [0.15, 0.2) is 78.9 Å². The van der Waals surface area contributed by atoms with Crippen LogP contribution in [0.3, 0.4) is 0 Å². The zero-order chi connectivity index (χ0) is 21.1. The van der Waals surface area contributed by atoms with Crippen molar-refractivity contribution >= 4 is 21.8 Å². The number of hydrogen-bond donors (Lipinski definition) is 0. The van der Waals surface area contributed by atoms with Gasteiger partial charge in [-0.3, -0.25) is 9.97 Å². The highest BCUT2D eigenvalue weighted by Crippen LogP contribution is 2.33. The van der Waals surface area contributed by atoms with Crippen LogP contribution in [-0.2, 0) is 6.42 Å². The molecule has 0 saturated heterocycles. The maximum absolute atomic E-state index is 4.91. The van der Waals surface area contributed by atoms with Gasteiger partial charge < -0.3 is 0 Å². The van der Waals surface area contributed by atoms with Gasteiger partial charge in [0.25, 0.3) is 0 Å². The predicted molar refractivity (Wildman–Crippen MR) is 129 cm³/mol. The third kappa shape index (κ3) is 4.18. The van der Waals surface area contributed by atoms with Crippen molar-refractivity contribution in [3.63, 3.8) is 0 Å². The van der Waals surface area contributed by atoms with Crippen molar-refractivity contribution in [3.8, 4) is 11.1 Å². The van der Waals surface area contributed by atoms with Gasteiger partial charge in [0.2, 0.25) is 0 Å². The van der Waals surface area contributed by atoms with E-state index in [1.165, 1.54) is 22.1 Å². The first-order valence-electron chi connectivity index (χ1n) is 10.6. The maximum atomic E-state index is 4.91. The van der Waals surface area contributed by atoms with E-state index in [0.29, 0.717) is 5.92 Å². The highest BCUT2D eigenvalue weighted by atomic mass is 14.8. The molecule has 0 saturated carbocycles. The van der Waals surface area contributed by atoms with Crippen molar-refractivity contribution in [1.82, 2.24) is 9.97 Å². The zero-order valence-electron chi connectivity index (χ0n) is 18.2. The van der Waals surface area contributed by atoms with Gasteiger partial charge in [0.1, 0.15) is 0 Å². The third-order valence-corrected chi connectivity index (χ3v) is 5.27. The normalized spacial score (nSPS) is 12.2.